The van der Waals surface area contributed by atoms with Crippen molar-refractivity contribution < 1.29 is 37.3 Å². The molecule has 1 N–H and O–H groups in total. The Morgan fingerprint density at radius 3 is 2.74 bits per heavy atom. The van der Waals surface area contributed by atoms with Crippen LogP contribution in [0.4, 0.5) is 13.2 Å². The highest BCUT2D eigenvalue weighted by Crippen LogP contribution is 2.37. The first-order valence-electron chi connectivity index (χ1n) is 11.3. The molecule has 2 aromatic carbocycles. The van der Waals surface area contributed by atoms with Crippen LogP contribution in [0.3, 0.4) is 0 Å². The lowest BCUT2D eigenvalue weighted by molar-refractivity contribution is -0.139. The van der Waals surface area contributed by atoms with Crippen LogP contribution in [0, 0.1) is 0 Å². The standard InChI is InChI=1S/C26H26F3NO5/c1-2-33-23-8-5-17(11-22(23)26(27,28)29)15-34-21-7-6-19-10-18(16-35-24(19)12-21)13-30-9-3-4-20(14-30)25(31)32/h4-8,10-12H,2-3,9,13-16H2,1H3,(H,31,32). The maximum Gasteiger partial charge on any atom is 0.419 e. The number of hydrogen-bond acceptors (Lipinski definition) is 5. The Morgan fingerprint density at radius 1 is 1.17 bits per heavy atom. The molecule has 35 heavy (non-hydrogen) atoms. The van der Waals surface area contributed by atoms with E-state index in [2.05, 4.69) is 4.90 Å². The van der Waals surface area contributed by atoms with E-state index in [0.29, 0.717) is 48.8 Å². The highest BCUT2D eigenvalue weighted by Gasteiger charge is 2.34. The lowest BCUT2D eigenvalue weighted by atomic mass is 10.0. The summed E-state index contributed by atoms with van der Waals surface area (Å²) in [6.07, 6.45) is -0.0438. The third-order valence-corrected chi connectivity index (χ3v) is 5.74. The highest BCUT2D eigenvalue weighted by atomic mass is 19.4. The first-order valence-corrected chi connectivity index (χ1v) is 11.3. The van der Waals surface area contributed by atoms with Crippen molar-refractivity contribution in [2.24, 2.45) is 0 Å². The van der Waals surface area contributed by atoms with Crippen molar-refractivity contribution in [3.05, 3.63) is 70.3 Å². The zero-order valence-corrected chi connectivity index (χ0v) is 19.2. The van der Waals surface area contributed by atoms with Crippen LogP contribution in [0.25, 0.3) is 6.08 Å². The van der Waals surface area contributed by atoms with Crippen LogP contribution in [-0.4, -0.2) is 48.8 Å². The van der Waals surface area contributed by atoms with Gasteiger partial charge in [-0.1, -0.05) is 12.1 Å². The van der Waals surface area contributed by atoms with E-state index in [0.717, 1.165) is 23.7 Å². The molecule has 0 radical (unpaired) electrons. The summed E-state index contributed by atoms with van der Waals surface area (Å²) in [4.78, 5) is 13.3. The minimum atomic E-state index is -4.52. The Hall–Kier alpha value is -3.46. The van der Waals surface area contributed by atoms with Gasteiger partial charge >= 0.3 is 12.1 Å². The maximum atomic E-state index is 13.4. The van der Waals surface area contributed by atoms with Crippen molar-refractivity contribution in [1.29, 1.82) is 0 Å². The fourth-order valence-corrected chi connectivity index (χ4v) is 4.09. The van der Waals surface area contributed by atoms with Gasteiger partial charge in [-0.05, 0) is 54.8 Å². The lowest BCUT2D eigenvalue weighted by Crippen LogP contribution is -2.34. The number of carboxylic acid groups (broad SMARTS) is 1. The van der Waals surface area contributed by atoms with Crippen molar-refractivity contribution in [3.8, 4) is 17.2 Å². The summed E-state index contributed by atoms with van der Waals surface area (Å²) >= 11 is 0. The molecule has 0 spiro atoms. The van der Waals surface area contributed by atoms with Gasteiger partial charge in [0.05, 0.1) is 12.2 Å². The molecule has 0 atom stereocenters. The van der Waals surface area contributed by atoms with Crippen LogP contribution >= 0.6 is 0 Å². The third-order valence-electron chi connectivity index (χ3n) is 5.74. The molecule has 186 valence electrons. The monoisotopic (exact) mass is 489 g/mol. The van der Waals surface area contributed by atoms with Crippen molar-refractivity contribution in [2.75, 3.05) is 32.8 Å². The van der Waals surface area contributed by atoms with Crippen LogP contribution in [0.5, 0.6) is 17.2 Å². The molecule has 6 nitrogen and oxygen atoms in total. The number of nitrogens with zero attached hydrogens (tertiary/aromatic N) is 1. The fraction of sp³-hybridized carbons (Fsp3) is 0.346. The number of fused-ring (bicyclic) bond motifs is 1. The largest absolute Gasteiger partial charge is 0.493 e. The van der Waals surface area contributed by atoms with E-state index in [1.54, 1.807) is 31.2 Å². The van der Waals surface area contributed by atoms with Gasteiger partial charge in [-0.15, -0.1) is 0 Å². The molecule has 2 aliphatic rings. The normalized spacial score (nSPS) is 16.0. The number of halogens is 3. The van der Waals surface area contributed by atoms with Gasteiger partial charge < -0.3 is 19.3 Å². The molecule has 0 aliphatic carbocycles. The summed E-state index contributed by atoms with van der Waals surface area (Å²) in [5, 5.41) is 9.22. The Labute approximate surface area is 201 Å². The van der Waals surface area contributed by atoms with Crippen LogP contribution in [-0.2, 0) is 17.6 Å². The number of ether oxygens (including phenoxy) is 3. The van der Waals surface area contributed by atoms with E-state index < -0.39 is 17.7 Å². The number of benzene rings is 2. The molecule has 2 heterocycles. The Bertz CT molecular complexity index is 1160. The Kier molecular flexibility index (Phi) is 7.35. The van der Waals surface area contributed by atoms with Gasteiger partial charge in [0.15, 0.2) is 0 Å². The SMILES string of the molecule is CCOc1ccc(COc2ccc3c(c2)OCC(CN2CCC=C(C(=O)O)C2)=C3)cc1C(F)(F)F. The molecule has 2 aliphatic heterocycles. The molecule has 0 unspecified atom stereocenters. The molecule has 4 rings (SSSR count). The Morgan fingerprint density at radius 2 is 2.00 bits per heavy atom. The summed E-state index contributed by atoms with van der Waals surface area (Å²) in [5.74, 6) is 0.0172. The number of hydrogen-bond donors (Lipinski definition) is 1. The molecule has 0 aromatic heterocycles. The average Bonchev–Trinajstić information content (AvgIpc) is 2.83. The highest BCUT2D eigenvalue weighted by molar-refractivity contribution is 5.87. The van der Waals surface area contributed by atoms with Crippen molar-refractivity contribution in [2.45, 2.75) is 26.1 Å². The van der Waals surface area contributed by atoms with E-state index in [-0.39, 0.29) is 19.0 Å². The minimum absolute atomic E-state index is 0.0379. The second kappa shape index (κ2) is 10.4. The molecule has 0 fully saturated rings. The molecule has 2 aromatic rings. The second-order valence-corrected chi connectivity index (χ2v) is 8.37. The minimum Gasteiger partial charge on any atom is -0.493 e. The van der Waals surface area contributed by atoms with Crippen LogP contribution in [0.2, 0.25) is 0 Å². The van der Waals surface area contributed by atoms with E-state index in [4.69, 9.17) is 14.2 Å². The van der Waals surface area contributed by atoms with E-state index in [1.807, 2.05) is 12.1 Å². The molecule has 0 bridgehead atoms. The van der Waals surface area contributed by atoms with E-state index >= 15 is 0 Å². The number of carboxylic acids is 1. The van der Waals surface area contributed by atoms with Crippen molar-refractivity contribution in [1.82, 2.24) is 4.90 Å². The Balaban J connectivity index is 1.40. The smallest absolute Gasteiger partial charge is 0.419 e. The summed E-state index contributed by atoms with van der Waals surface area (Å²) in [6.45, 7) is 3.90. The molecule has 9 heteroatoms. The van der Waals surface area contributed by atoms with Gasteiger partial charge in [0.25, 0.3) is 0 Å². The number of alkyl halides is 3. The van der Waals surface area contributed by atoms with Crippen LogP contribution in [0.1, 0.15) is 30.0 Å². The fourth-order valence-electron chi connectivity index (χ4n) is 4.09. The number of rotatable bonds is 8. The summed E-state index contributed by atoms with van der Waals surface area (Å²) < 4.78 is 56.8. The molecular formula is C26H26F3NO5. The predicted octanol–water partition coefficient (Wildman–Crippen LogP) is 5.18. The molecule has 0 amide bonds. The number of aliphatic carboxylic acids is 1. The van der Waals surface area contributed by atoms with Crippen molar-refractivity contribution in [3.63, 3.8) is 0 Å². The average molecular weight is 489 g/mol. The first-order chi connectivity index (χ1) is 16.7. The van der Waals surface area contributed by atoms with Gasteiger partial charge in [0, 0.05) is 36.8 Å². The molecular weight excluding hydrogens is 463 g/mol. The lowest BCUT2D eigenvalue weighted by Gasteiger charge is -2.28. The zero-order valence-electron chi connectivity index (χ0n) is 19.2. The van der Waals surface area contributed by atoms with Gasteiger partial charge in [-0.25, -0.2) is 4.79 Å². The topological polar surface area (TPSA) is 68.2 Å². The van der Waals surface area contributed by atoms with Crippen LogP contribution < -0.4 is 14.2 Å². The van der Waals surface area contributed by atoms with Gasteiger partial charge in [-0.2, -0.15) is 13.2 Å². The van der Waals surface area contributed by atoms with Gasteiger partial charge in [-0.3, -0.25) is 4.90 Å². The third kappa shape index (κ3) is 6.16. The van der Waals surface area contributed by atoms with Crippen LogP contribution in [0.15, 0.2) is 53.6 Å². The second-order valence-electron chi connectivity index (χ2n) is 8.37. The van der Waals surface area contributed by atoms with E-state index in [9.17, 15) is 23.1 Å². The molecule has 0 saturated carbocycles. The molecule has 0 saturated heterocycles. The van der Waals surface area contributed by atoms with E-state index in [1.165, 1.54) is 6.07 Å². The van der Waals surface area contributed by atoms with Gasteiger partial charge in [0.1, 0.15) is 30.5 Å². The predicted molar refractivity (Wildman–Crippen MR) is 124 cm³/mol. The summed E-state index contributed by atoms with van der Waals surface area (Å²) in [5.41, 5.74) is 1.85. The zero-order chi connectivity index (χ0) is 25.0. The first kappa shape index (κ1) is 24.7. The maximum absolute atomic E-state index is 13.4. The number of carbonyl (C=O) groups is 1. The summed E-state index contributed by atoms with van der Waals surface area (Å²) in [6, 6.07) is 9.20. The van der Waals surface area contributed by atoms with Gasteiger partial charge in [0.2, 0.25) is 0 Å². The quantitative estimate of drug-likeness (QED) is 0.552. The van der Waals surface area contributed by atoms with Crippen molar-refractivity contribution >= 4 is 12.0 Å². The summed E-state index contributed by atoms with van der Waals surface area (Å²) in [7, 11) is 0.